The Morgan fingerprint density at radius 1 is 1.29 bits per heavy atom. The molecule has 1 fully saturated rings. The molecule has 2 rings (SSSR count). The standard InChI is InChI=1S/C14H21NO2/c1-17-9-13-5-3-2-4-12(13)8-15-10-14(11-16)6-7-14/h2-5,15-16H,6-11H2,1H3. The maximum absolute atomic E-state index is 9.23. The number of aliphatic hydroxyl groups is 1. The van der Waals surface area contributed by atoms with Crippen molar-refractivity contribution in [1.29, 1.82) is 0 Å². The minimum absolute atomic E-state index is 0.177. The molecule has 94 valence electrons. The summed E-state index contributed by atoms with van der Waals surface area (Å²) in [7, 11) is 1.72. The van der Waals surface area contributed by atoms with E-state index in [9.17, 15) is 5.11 Å². The van der Waals surface area contributed by atoms with E-state index < -0.39 is 0 Å². The van der Waals surface area contributed by atoms with Gasteiger partial charge < -0.3 is 15.2 Å². The molecule has 0 spiro atoms. The van der Waals surface area contributed by atoms with Crippen LogP contribution < -0.4 is 5.32 Å². The maximum Gasteiger partial charge on any atom is 0.0716 e. The summed E-state index contributed by atoms with van der Waals surface area (Å²) in [4.78, 5) is 0. The molecule has 0 bridgehead atoms. The Balaban J connectivity index is 1.85. The van der Waals surface area contributed by atoms with Crippen molar-refractivity contribution in [2.24, 2.45) is 5.41 Å². The van der Waals surface area contributed by atoms with Crippen LogP contribution in [0.1, 0.15) is 24.0 Å². The van der Waals surface area contributed by atoms with E-state index in [0.29, 0.717) is 13.2 Å². The zero-order valence-electron chi connectivity index (χ0n) is 10.4. The van der Waals surface area contributed by atoms with Gasteiger partial charge in [-0.15, -0.1) is 0 Å². The molecule has 0 heterocycles. The zero-order chi connectivity index (χ0) is 12.1. The van der Waals surface area contributed by atoms with E-state index in [4.69, 9.17) is 4.74 Å². The van der Waals surface area contributed by atoms with Gasteiger partial charge in [0.15, 0.2) is 0 Å². The summed E-state index contributed by atoms with van der Waals surface area (Å²) in [5.41, 5.74) is 2.69. The molecule has 1 aromatic carbocycles. The molecule has 0 saturated heterocycles. The fourth-order valence-corrected chi connectivity index (χ4v) is 2.06. The molecule has 17 heavy (non-hydrogen) atoms. The Morgan fingerprint density at radius 3 is 2.59 bits per heavy atom. The minimum atomic E-state index is 0.177. The van der Waals surface area contributed by atoms with Crippen LogP contribution in [-0.4, -0.2) is 25.4 Å². The van der Waals surface area contributed by atoms with Crippen molar-refractivity contribution in [3.05, 3.63) is 35.4 Å². The smallest absolute Gasteiger partial charge is 0.0716 e. The first-order valence-corrected chi connectivity index (χ1v) is 6.17. The lowest BCUT2D eigenvalue weighted by Gasteiger charge is -2.14. The highest BCUT2D eigenvalue weighted by Crippen LogP contribution is 2.44. The van der Waals surface area contributed by atoms with E-state index in [2.05, 4.69) is 23.5 Å². The predicted octanol–water partition coefficient (Wildman–Crippen LogP) is 1.70. The van der Waals surface area contributed by atoms with Crippen molar-refractivity contribution < 1.29 is 9.84 Å². The van der Waals surface area contributed by atoms with Gasteiger partial charge in [-0.05, 0) is 24.0 Å². The number of hydrogen-bond acceptors (Lipinski definition) is 3. The number of rotatable bonds is 7. The van der Waals surface area contributed by atoms with Crippen LogP contribution in [0.3, 0.4) is 0 Å². The molecule has 3 heteroatoms. The van der Waals surface area contributed by atoms with Gasteiger partial charge in [0.05, 0.1) is 6.61 Å². The molecule has 0 radical (unpaired) electrons. The molecular weight excluding hydrogens is 214 g/mol. The quantitative estimate of drug-likeness (QED) is 0.756. The number of aliphatic hydroxyl groups excluding tert-OH is 1. The molecule has 0 aromatic heterocycles. The number of methoxy groups -OCH3 is 1. The van der Waals surface area contributed by atoms with E-state index in [1.165, 1.54) is 11.1 Å². The van der Waals surface area contributed by atoms with Gasteiger partial charge in [0.1, 0.15) is 0 Å². The number of ether oxygens (including phenoxy) is 1. The van der Waals surface area contributed by atoms with Crippen molar-refractivity contribution in [3.63, 3.8) is 0 Å². The van der Waals surface area contributed by atoms with E-state index in [1.54, 1.807) is 7.11 Å². The second-order valence-electron chi connectivity index (χ2n) is 4.96. The molecule has 0 amide bonds. The van der Waals surface area contributed by atoms with E-state index in [-0.39, 0.29) is 5.41 Å². The molecule has 3 nitrogen and oxygen atoms in total. The number of hydrogen-bond donors (Lipinski definition) is 2. The van der Waals surface area contributed by atoms with E-state index in [1.807, 2.05) is 6.07 Å². The predicted molar refractivity (Wildman–Crippen MR) is 67.6 cm³/mol. The second kappa shape index (κ2) is 5.63. The van der Waals surface area contributed by atoms with Gasteiger partial charge in [0.2, 0.25) is 0 Å². The van der Waals surface area contributed by atoms with Crippen LogP contribution in [0.25, 0.3) is 0 Å². The monoisotopic (exact) mass is 235 g/mol. The zero-order valence-corrected chi connectivity index (χ0v) is 10.4. The first-order valence-electron chi connectivity index (χ1n) is 6.17. The molecule has 0 aliphatic heterocycles. The van der Waals surface area contributed by atoms with Crippen molar-refractivity contribution in [1.82, 2.24) is 5.32 Å². The van der Waals surface area contributed by atoms with Crippen LogP contribution in [0.4, 0.5) is 0 Å². The Hall–Kier alpha value is -0.900. The maximum atomic E-state index is 9.23. The Bertz CT molecular complexity index is 361. The second-order valence-corrected chi connectivity index (χ2v) is 4.96. The summed E-state index contributed by atoms with van der Waals surface area (Å²) in [6, 6.07) is 8.31. The lowest BCUT2D eigenvalue weighted by molar-refractivity contribution is 0.183. The van der Waals surface area contributed by atoms with Crippen LogP contribution in [0.15, 0.2) is 24.3 Å². The molecule has 0 atom stereocenters. The molecule has 2 N–H and O–H groups in total. The largest absolute Gasteiger partial charge is 0.396 e. The summed E-state index contributed by atoms with van der Waals surface area (Å²) in [6.45, 7) is 2.72. The highest BCUT2D eigenvalue weighted by Gasteiger charge is 2.41. The van der Waals surface area contributed by atoms with Gasteiger partial charge in [-0.3, -0.25) is 0 Å². The number of benzene rings is 1. The van der Waals surface area contributed by atoms with Crippen LogP contribution in [0.5, 0.6) is 0 Å². The van der Waals surface area contributed by atoms with Crippen molar-refractivity contribution >= 4 is 0 Å². The molecular formula is C14H21NO2. The third-order valence-corrected chi connectivity index (χ3v) is 3.53. The van der Waals surface area contributed by atoms with Crippen LogP contribution in [0.2, 0.25) is 0 Å². The van der Waals surface area contributed by atoms with Crippen molar-refractivity contribution in [2.75, 3.05) is 20.3 Å². The van der Waals surface area contributed by atoms with Crippen LogP contribution >= 0.6 is 0 Å². The Labute approximate surface area is 103 Å². The summed E-state index contributed by atoms with van der Waals surface area (Å²) in [5, 5.41) is 12.7. The van der Waals surface area contributed by atoms with Crippen molar-refractivity contribution in [3.8, 4) is 0 Å². The van der Waals surface area contributed by atoms with Crippen LogP contribution in [-0.2, 0) is 17.9 Å². The van der Waals surface area contributed by atoms with Crippen LogP contribution in [0, 0.1) is 5.41 Å². The summed E-state index contributed by atoms with van der Waals surface area (Å²) in [6.07, 6.45) is 2.30. The highest BCUT2D eigenvalue weighted by atomic mass is 16.5. The van der Waals surface area contributed by atoms with Gasteiger partial charge in [0, 0.05) is 32.2 Å². The molecule has 1 aromatic rings. The topological polar surface area (TPSA) is 41.5 Å². The average molecular weight is 235 g/mol. The molecule has 1 aliphatic carbocycles. The fourth-order valence-electron chi connectivity index (χ4n) is 2.06. The minimum Gasteiger partial charge on any atom is -0.396 e. The SMILES string of the molecule is COCc1ccccc1CNCC1(CO)CC1. The normalized spacial score (nSPS) is 17.1. The number of nitrogens with one attached hydrogen (secondary N) is 1. The van der Waals surface area contributed by atoms with Gasteiger partial charge in [-0.25, -0.2) is 0 Å². The third kappa shape index (κ3) is 3.28. The lowest BCUT2D eigenvalue weighted by atomic mass is 10.1. The summed E-state index contributed by atoms with van der Waals surface area (Å²) in [5.74, 6) is 0. The van der Waals surface area contributed by atoms with Gasteiger partial charge in [-0.2, -0.15) is 0 Å². The van der Waals surface area contributed by atoms with Gasteiger partial charge >= 0.3 is 0 Å². The summed E-state index contributed by atoms with van der Waals surface area (Å²) >= 11 is 0. The average Bonchev–Trinajstić information content (AvgIpc) is 3.12. The van der Waals surface area contributed by atoms with Crippen molar-refractivity contribution in [2.45, 2.75) is 26.0 Å². The molecule has 1 saturated carbocycles. The Kier molecular flexibility index (Phi) is 4.15. The fraction of sp³-hybridized carbons (Fsp3) is 0.571. The highest BCUT2D eigenvalue weighted by molar-refractivity contribution is 5.26. The van der Waals surface area contributed by atoms with Gasteiger partial charge in [0.25, 0.3) is 0 Å². The lowest BCUT2D eigenvalue weighted by Crippen LogP contribution is -2.26. The van der Waals surface area contributed by atoms with E-state index >= 15 is 0 Å². The van der Waals surface area contributed by atoms with Gasteiger partial charge in [-0.1, -0.05) is 24.3 Å². The van der Waals surface area contributed by atoms with E-state index in [0.717, 1.165) is 25.9 Å². The Morgan fingerprint density at radius 2 is 2.00 bits per heavy atom. The summed E-state index contributed by atoms with van der Waals surface area (Å²) < 4.78 is 5.18. The third-order valence-electron chi connectivity index (χ3n) is 3.53. The first-order chi connectivity index (χ1) is 8.29. The first kappa shape index (κ1) is 12.6. The molecule has 1 aliphatic rings. The molecule has 0 unspecified atom stereocenters.